The fourth-order valence-electron chi connectivity index (χ4n) is 1.67. The molecular formula is C13H17FN2O4. The van der Waals surface area contributed by atoms with Gasteiger partial charge in [0.15, 0.2) is 0 Å². The lowest BCUT2D eigenvalue weighted by molar-refractivity contribution is -0.386. The number of nitrogens with two attached hydrogens (primary N) is 1. The third kappa shape index (κ3) is 3.30. The quantitative estimate of drug-likeness (QED) is 0.521. The number of halogens is 1. The molecule has 7 heteroatoms. The van der Waals surface area contributed by atoms with Gasteiger partial charge in [-0.05, 0) is 33.8 Å². The van der Waals surface area contributed by atoms with Crippen LogP contribution in [-0.4, -0.2) is 16.5 Å². The second kappa shape index (κ2) is 5.16. The average Bonchev–Trinajstić information content (AvgIpc) is 2.25. The Labute approximate surface area is 115 Å². The van der Waals surface area contributed by atoms with E-state index in [1.807, 2.05) is 0 Å². The SMILES string of the molecule is CC(C)(C)OC(=O)[C@@](C)(N)c1c(F)cccc1[N+](=O)[O-]. The molecule has 6 nitrogen and oxygen atoms in total. The minimum absolute atomic E-state index is 0.487. The molecule has 0 amide bonds. The molecule has 1 rings (SSSR count). The Balaban J connectivity index is 3.35. The summed E-state index contributed by atoms with van der Waals surface area (Å²) in [6, 6.07) is 3.29. The Bertz CT molecular complexity index is 550. The van der Waals surface area contributed by atoms with Crippen molar-refractivity contribution in [1.82, 2.24) is 0 Å². The molecule has 0 unspecified atom stereocenters. The van der Waals surface area contributed by atoms with Gasteiger partial charge in [-0.2, -0.15) is 0 Å². The lowest BCUT2D eigenvalue weighted by Crippen LogP contribution is -2.46. The van der Waals surface area contributed by atoms with Gasteiger partial charge in [0.25, 0.3) is 5.69 Å². The van der Waals surface area contributed by atoms with Gasteiger partial charge < -0.3 is 10.5 Å². The molecule has 0 heterocycles. The highest BCUT2D eigenvalue weighted by atomic mass is 19.1. The molecule has 0 aliphatic carbocycles. The van der Waals surface area contributed by atoms with Crippen LogP contribution in [0.2, 0.25) is 0 Å². The molecular weight excluding hydrogens is 267 g/mol. The van der Waals surface area contributed by atoms with E-state index in [-0.39, 0.29) is 0 Å². The van der Waals surface area contributed by atoms with Crippen molar-refractivity contribution in [2.45, 2.75) is 38.8 Å². The lowest BCUT2D eigenvalue weighted by atomic mass is 9.91. The molecule has 110 valence electrons. The Morgan fingerprint density at radius 2 is 1.90 bits per heavy atom. The van der Waals surface area contributed by atoms with E-state index in [1.165, 1.54) is 13.0 Å². The standard InChI is InChI=1S/C13H17FN2O4/c1-12(2,3)20-11(17)13(4,15)10-8(14)6-5-7-9(10)16(18)19/h5-7H,15H2,1-4H3/t13-/m0/s1. The van der Waals surface area contributed by atoms with E-state index < -0.39 is 39.1 Å². The highest BCUT2D eigenvalue weighted by Gasteiger charge is 2.42. The fourth-order valence-corrected chi connectivity index (χ4v) is 1.67. The molecule has 0 spiro atoms. The summed E-state index contributed by atoms with van der Waals surface area (Å²) >= 11 is 0. The third-order valence-corrected chi connectivity index (χ3v) is 2.53. The molecule has 0 aliphatic heterocycles. The van der Waals surface area contributed by atoms with Crippen molar-refractivity contribution in [3.05, 3.63) is 39.7 Å². The van der Waals surface area contributed by atoms with Crippen LogP contribution in [0, 0.1) is 15.9 Å². The van der Waals surface area contributed by atoms with Gasteiger partial charge in [-0.25, -0.2) is 9.18 Å². The first-order valence-corrected chi connectivity index (χ1v) is 5.92. The number of carbonyl (C=O) groups is 1. The van der Waals surface area contributed by atoms with Gasteiger partial charge in [0.2, 0.25) is 0 Å². The molecule has 1 aromatic rings. The number of carbonyl (C=O) groups excluding carboxylic acids is 1. The minimum Gasteiger partial charge on any atom is -0.458 e. The van der Waals surface area contributed by atoms with Crippen LogP contribution in [0.5, 0.6) is 0 Å². The van der Waals surface area contributed by atoms with Crippen LogP contribution in [0.4, 0.5) is 10.1 Å². The number of rotatable bonds is 3. The number of nitrogens with zero attached hydrogens (tertiary/aromatic N) is 1. The maximum absolute atomic E-state index is 13.9. The normalized spacial score (nSPS) is 14.5. The first-order chi connectivity index (χ1) is 8.97. The smallest absolute Gasteiger partial charge is 0.331 e. The summed E-state index contributed by atoms with van der Waals surface area (Å²) in [5.41, 5.74) is 1.97. The third-order valence-electron chi connectivity index (χ3n) is 2.53. The predicted molar refractivity (Wildman–Crippen MR) is 70.4 cm³/mol. The van der Waals surface area contributed by atoms with E-state index in [0.717, 1.165) is 12.1 Å². The average molecular weight is 284 g/mol. The zero-order valence-corrected chi connectivity index (χ0v) is 11.8. The van der Waals surface area contributed by atoms with Gasteiger partial charge in [0, 0.05) is 6.07 Å². The zero-order chi connectivity index (χ0) is 15.7. The van der Waals surface area contributed by atoms with Crippen molar-refractivity contribution in [1.29, 1.82) is 0 Å². The second-order valence-corrected chi connectivity index (χ2v) is 5.60. The first-order valence-electron chi connectivity index (χ1n) is 5.92. The van der Waals surface area contributed by atoms with Crippen LogP contribution >= 0.6 is 0 Å². The van der Waals surface area contributed by atoms with Crippen molar-refractivity contribution in [3.63, 3.8) is 0 Å². The molecule has 0 bridgehead atoms. The van der Waals surface area contributed by atoms with Crippen LogP contribution in [0.15, 0.2) is 18.2 Å². The van der Waals surface area contributed by atoms with Crippen LogP contribution < -0.4 is 5.73 Å². The first kappa shape index (κ1) is 16.0. The van der Waals surface area contributed by atoms with Crippen LogP contribution in [-0.2, 0) is 15.1 Å². The van der Waals surface area contributed by atoms with Crippen molar-refractivity contribution < 1.29 is 18.8 Å². The van der Waals surface area contributed by atoms with E-state index >= 15 is 0 Å². The maximum atomic E-state index is 13.9. The molecule has 1 aromatic carbocycles. The summed E-state index contributed by atoms with van der Waals surface area (Å²) in [6.45, 7) is 6.05. The zero-order valence-electron chi connectivity index (χ0n) is 11.8. The number of nitro benzene ring substituents is 1. The maximum Gasteiger partial charge on any atom is 0.331 e. The molecule has 0 aromatic heterocycles. The Kier molecular flexibility index (Phi) is 4.14. The van der Waals surface area contributed by atoms with Crippen molar-refractivity contribution >= 4 is 11.7 Å². The van der Waals surface area contributed by atoms with Crippen molar-refractivity contribution in [2.24, 2.45) is 5.73 Å². The van der Waals surface area contributed by atoms with Crippen molar-refractivity contribution in [2.75, 3.05) is 0 Å². The molecule has 0 aliphatic rings. The Morgan fingerprint density at radius 3 is 2.35 bits per heavy atom. The largest absolute Gasteiger partial charge is 0.458 e. The fraction of sp³-hybridized carbons (Fsp3) is 0.462. The van der Waals surface area contributed by atoms with E-state index in [4.69, 9.17) is 10.5 Å². The summed E-state index contributed by atoms with van der Waals surface area (Å²) in [6.07, 6.45) is 0. The van der Waals surface area contributed by atoms with E-state index in [9.17, 15) is 19.3 Å². The number of ether oxygens (including phenoxy) is 1. The lowest BCUT2D eigenvalue weighted by Gasteiger charge is -2.28. The number of nitro groups is 1. The highest BCUT2D eigenvalue weighted by molar-refractivity contribution is 5.83. The Morgan fingerprint density at radius 1 is 1.35 bits per heavy atom. The van der Waals surface area contributed by atoms with Gasteiger partial charge in [0.05, 0.1) is 10.5 Å². The molecule has 0 radical (unpaired) electrons. The van der Waals surface area contributed by atoms with Crippen molar-refractivity contribution in [3.8, 4) is 0 Å². The van der Waals surface area contributed by atoms with E-state index in [0.29, 0.717) is 0 Å². The monoisotopic (exact) mass is 284 g/mol. The van der Waals surface area contributed by atoms with E-state index in [2.05, 4.69) is 0 Å². The molecule has 1 atom stereocenters. The molecule has 2 N–H and O–H groups in total. The summed E-state index contributed by atoms with van der Waals surface area (Å²) < 4.78 is 19.0. The topological polar surface area (TPSA) is 95.5 Å². The number of benzene rings is 1. The van der Waals surface area contributed by atoms with Gasteiger partial charge in [-0.15, -0.1) is 0 Å². The summed E-state index contributed by atoms with van der Waals surface area (Å²) in [7, 11) is 0. The van der Waals surface area contributed by atoms with E-state index in [1.54, 1.807) is 20.8 Å². The van der Waals surface area contributed by atoms with Crippen LogP contribution in [0.1, 0.15) is 33.3 Å². The molecule has 0 saturated heterocycles. The highest BCUT2D eigenvalue weighted by Crippen LogP contribution is 2.32. The minimum atomic E-state index is -1.96. The summed E-state index contributed by atoms with van der Waals surface area (Å²) in [4.78, 5) is 22.2. The van der Waals surface area contributed by atoms with Crippen LogP contribution in [0.3, 0.4) is 0 Å². The summed E-state index contributed by atoms with van der Waals surface area (Å²) in [5, 5.41) is 11.0. The number of hydrogen-bond donors (Lipinski definition) is 1. The number of esters is 1. The Hall–Kier alpha value is -2.02. The van der Waals surface area contributed by atoms with Gasteiger partial charge >= 0.3 is 5.97 Å². The molecule has 0 fully saturated rings. The predicted octanol–water partition coefficient (Wildman–Crippen LogP) is 2.25. The molecule has 0 saturated carbocycles. The second-order valence-electron chi connectivity index (χ2n) is 5.60. The molecule has 20 heavy (non-hydrogen) atoms. The summed E-state index contributed by atoms with van der Waals surface area (Å²) in [5.74, 6) is -1.85. The van der Waals surface area contributed by atoms with Gasteiger partial charge in [-0.1, -0.05) is 6.07 Å². The number of hydrogen-bond acceptors (Lipinski definition) is 5. The van der Waals surface area contributed by atoms with Gasteiger partial charge in [-0.3, -0.25) is 10.1 Å². The van der Waals surface area contributed by atoms with Crippen LogP contribution in [0.25, 0.3) is 0 Å². The van der Waals surface area contributed by atoms with Gasteiger partial charge in [0.1, 0.15) is 17.0 Å².